The predicted octanol–water partition coefficient (Wildman–Crippen LogP) is 5.54. The van der Waals surface area contributed by atoms with Crippen LogP contribution in [0.15, 0.2) is 60.0 Å². The van der Waals surface area contributed by atoms with E-state index in [9.17, 15) is 4.79 Å². The molecule has 1 N–H and O–H groups in total. The number of amides is 1. The molecule has 2 heterocycles. The zero-order chi connectivity index (χ0) is 19.3. The maximum Gasteiger partial charge on any atom is 0.231 e. The van der Waals surface area contributed by atoms with E-state index in [0.717, 1.165) is 47.2 Å². The lowest BCUT2D eigenvalue weighted by Gasteiger charge is -2.16. The monoisotopic (exact) mass is 391 g/mol. The van der Waals surface area contributed by atoms with Crippen LogP contribution in [0.2, 0.25) is 0 Å². The number of anilines is 2. The third-order valence-corrected chi connectivity index (χ3v) is 6.12. The number of rotatable bonds is 6. The highest BCUT2D eigenvalue weighted by atomic mass is 32.1. The highest BCUT2D eigenvalue weighted by Gasteiger charge is 2.19. The number of carbonyl (C=O) groups excluding carboxylic acids is 1. The lowest BCUT2D eigenvalue weighted by atomic mass is 9.95. The van der Waals surface area contributed by atoms with Gasteiger partial charge in [-0.05, 0) is 37.0 Å². The van der Waals surface area contributed by atoms with Crippen LogP contribution in [0, 0.1) is 0 Å². The molecular weight excluding hydrogens is 366 g/mol. The van der Waals surface area contributed by atoms with Gasteiger partial charge in [-0.2, -0.15) is 0 Å². The lowest BCUT2D eigenvalue weighted by molar-refractivity contribution is -0.117. The molecule has 144 valence electrons. The molecule has 0 radical (unpaired) electrons. The van der Waals surface area contributed by atoms with Crippen LogP contribution in [-0.4, -0.2) is 24.0 Å². The summed E-state index contributed by atoms with van der Waals surface area (Å²) < 4.78 is 0. The van der Waals surface area contributed by atoms with Gasteiger partial charge in [0.1, 0.15) is 0 Å². The smallest absolute Gasteiger partial charge is 0.231 e. The molecule has 1 amide bonds. The van der Waals surface area contributed by atoms with Gasteiger partial charge >= 0.3 is 0 Å². The topological polar surface area (TPSA) is 45.2 Å². The molecule has 3 aromatic rings. The van der Waals surface area contributed by atoms with Crippen LogP contribution in [0.25, 0.3) is 11.3 Å². The Kier molecular flexibility index (Phi) is 5.72. The first kappa shape index (κ1) is 18.7. The summed E-state index contributed by atoms with van der Waals surface area (Å²) in [5.41, 5.74) is 3.87. The Morgan fingerprint density at radius 2 is 1.93 bits per heavy atom. The highest BCUT2D eigenvalue weighted by molar-refractivity contribution is 7.14. The second-order valence-corrected chi connectivity index (χ2v) is 7.99. The molecular formula is C23H25N3OS. The number of thiazole rings is 1. The van der Waals surface area contributed by atoms with Crippen molar-refractivity contribution in [2.24, 2.45) is 0 Å². The quantitative estimate of drug-likeness (QED) is 0.600. The van der Waals surface area contributed by atoms with Gasteiger partial charge in [-0.3, -0.25) is 4.79 Å². The fourth-order valence-electron chi connectivity index (χ4n) is 3.69. The molecule has 1 aliphatic rings. The van der Waals surface area contributed by atoms with E-state index in [1.54, 1.807) is 11.3 Å². The van der Waals surface area contributed by atoms with Crippen molar-refractivity contribution in [2.45, 2.75) is 32.1 Å². The number of nitrogens with zero attached hydrogens (tertiary/aromatic N) is 2. The van der Waals surface area contributed by atoms with E-state index in [4.69, 9.17) is 4.98 Å². The van der Waals surface area contributed by atoms with E-state index in [1.165, 1.54) is 12.8 Å². The van der Waals surface area contributed by atoms with Crippen LogP contribution in [0.1, 0.15) is 37.7 Å². The average Bonchev–Trinajstić information content (AvgIpc) is 3.41. The number of carbonyl (C=O) groups is 1. The Labute approximate surface area is 170 Å². The van der Waals surface area contributed by atoms with Crippen molar-refractivity contribution in [1.82, 2.24) is 4.98 Å². The molecule has 1 unspecified atom stereocenters. The van der Waals surface area contributed by atoms with Crippen molar-refractivity contribution in [3.8, 4) is 11.3 Å². The molecule has 1 aliphatic heterocycles. The Morgan fingerprint density at radius 1 is 1.14 bits per heavy atom. The normalized spacial score (nSPS) is 14.8. The summed E-state index contributed by atoms with van der Waals surface area (Å²) >= 11 is 1.69. The van der Waals surface area contributed by atoms with Crippen molar-refractivity contribution in [1.29, 1.82) is 0 Å². The third kappa shape index (κ3) is 4.09. The van der Waals surface area contributed by atoms with E-state index in [2.05, 4.69) is 15.6 Å². The third-order valence-electron chi connectivity index (χ3n) is 5.22. The van der Waals surface area contributed by atoms with Gasteiger partial charge in [0.2, 0.25) is 5.91 Å². The molecule has 28 heavy (non-hydrogen) atoms. The Balaban J connectivity index is 1.50. The van der Waals surface area contributed by atoms with Crippen LogP contribution in [0.3, 0.4) is 0 Å². The highest BCUT2D eigenvalue weighted by Crippen LogP contribution is 2.31. The molecule has 1 fully saturated rings. The van der Waals surface area contributed by atoms with Crippen molar-refractivity contribution < 1.29 is 4.79 Å². The van der Waals surface area contributed by atoms with E-state index < -0.39 is 0 Å². The minimum absolute atomic E-state index is 0.0295. The van der Waals surface area contributed by atoms with Gasteiger partial charge in [-0.25, -0.2) is 4.98 Å². The second kappa shape index (κ2) is 8.57. The average molecular weight is 392 g/mol. The lowest BCUT2D eigenvalue weighted by Crippen LogP contribution is -2.20. The molecule has 5 heteroatoms. The standard InChI is InChI=1S/C23H25N3OS/c1-2-20(17-9-4-3-5-10-17)22(27)24-19-12-8-11-18(15-19)21-16-28-23(25-21)26-13-6-7-14-26/h3-5,8-12,15-16,20H,2,6-7,13-14H2,1H3,(H,24,27). The maximum absolute atomic E-state index is 12.8. The number of hydrogen-bond donors (Lipinski definition) is 1. The number of hydrogen-bond acceptors (Lipinski definition) is 4. The van der Waals surface area contributed by atoms with Gasteiger partial charge < -0.3 is 10.2 Å². The number of benzene rings is 2. The molecule has 2 aromatic carbocycles. The minimum Gasteiger partial charge on any atom is -0.348 e. The maximum atomic E-state index is 12.8. The fraction of sp³-hybridized carbons (Fsp3) is 0.304. The van der Waals surface area contributed by atoms with Gasteiger partial charge in [0.25, 0.3) is 0 Å². The van der Waals surface area contributed by atoms with Gasteiger partial charge in [0, 0.05) is 29.7 Å². The Hall–Kier alpha value is -2.66. The molecule has 0 bridgehead atoms. The van der Waals surface area contributed by atoms with E-state index >= 15 is 0 Å². The molecule has 4 rings (SSSR count). The van der Waals surface area contributed by atoms with Crippen molar-refractivity contribution in [2.75, 3.05) is 23.3 Å². The first-order valence-corrected chi connectivity index (χ1v) is 10.8. The minimum atomic E-state index is -0.147. The molecule has 1 saturated heterocycles. The summed E-state index contributed by atoms with van der Waals surface area (Å²) in [6.07, 6.45) is 3.26. The molecule has 1 atom stereocenters. The molecule has 0 saturated carbocycles. The molecule has 0 spiro atoms. The van der Waals surface area contributed by atoms with E-state index in [-0.39, 0.29) is 11.8 Å². The fourth-order valence-corrected chi connectivity index (χ4v) is 4.58. The van der Waals surface area contributed by atoms with E-state index in [0.29, 0.717) is 0 Å². The van der Waals surface area contributed by atoms with Crippen LogP contribution < -0.4 is 10.2 Å². The SMILES string of the molecule is CCC(C(=O)Nc1cccc(-c2csc(N3CCCC3)n2)c1)c1ccccc1. The summed E-state index contributed by atoms with van der Waals surface area (Å²) in [7, 11) is 0. The summed E-state index contributed by atoms with van der Waals surface area (Å²) in [4.78, 5) is 20.0. The van der Waals surface area contributed by atoms with Crippen LogP contribution >= 0.6 is 11.3 Å². The summed E-state index contributed by atoms with van der Waals surface area (Å²) in [5.74, 6) is -0.118. The number of aromatic nitrogens is 1. The molecule has 4 nitrogen and oxygen atoms in total. The van der Waals surface area contributed by atoms with Gasteiger partial charge in [-0.15, -0.1) is 11.3 Å². The van der Waals surface area contributed by atoms with Crippen molar-refractivity contribution in [3.05, 3.63) is 65.5 Å². The van der Waals surface area contributed by atoms with Gasteiger partial charge in [-0.1, -0.05) is 49.4 Å². The second-order valence-electron chi connectivity index (χ2n) is 7.15. The van der Waals surface area contributed by atoms with Crippen molar-refractivity contribution >= 4 is 28.1 Å². The summed E-state index contributed by atoms with van der Waals surface area (Å²) in [6.45, 7) is 4.24. The first-order valence-electron chi connectivity index (χ1n) is 9.91. The zero-order valence-corrected chi connectivity index (χ0v) is 16.9. The van der Waals surface area contributed by atoms with Crippen LogP contribution in [0.5, 0.6) is 0 Å². The molecule has 1 aromatic heterocycles. The molecule has 0 aliphatic carbocycles. The predicted molar refractivity (Wildman–Crippen MR) is 117 cm³/mol. The van der Waals surface area contributed by atoms with Crippen LogP contribution in [0.4, 0.5) is 10.8 Å². The van der Waals surface area contributed by atoms with Crippen LogP contribution in [-0.2, 0) is 4.79 Å². The van der Waals surface area contributed by atoms with Gasteiger partial charge in [0.05, 0.1) is 11.6 Å². The van der Waals surface area contributed by atoms with E-state index in [1.807, 2.05) is 61.5 Å². The zero-order valence-electron chi connectivity index (χ0n) is 16.1. The first-order chi connectivity index (χ1) is 13.7. The number of nitrogens with one attached hydrogen (secondary N) is 1. The summed E-state index contributed by atoms with van der Waals surface area (Å²) in [6, 6.07) is 17.9. The largest absolute Gasteiger partial charge is 0.348 e. The Morgan fingerprint density at radius 3 is 2.68 bits per heavy atom. The Bertz CT molecular complexity index is 932. The van der Waals surface area contributed by atoms with Crippen molar-refractivity contribution in [3.63, 3.8) is 0 Å². The van der Waals surface area contributed by atoms with Gasteiger partial charge in [0.15, 0.2) is 5.13 Å². The summed E-state index contributed by atoms with van der Waals surface area (Å²) in [5, 5.41) is 6.29.